The summed E-state index contributed by atoms with van der Waals surface area (Å²) in [4.78, 5) is 12.0. The van der Waals surface area contributed by atoms with Gasteiger partial charge in [0.25, 0.3) is 0 Å². The maximum atomic E-state index is 12.0. The minimum atomic E-state index is 0.303. The topological polar surface area (TPSA) is 17.1 Å². The molecule has 1 aromatic rings. The van der Waals surface area contributed by atoms with Gasteiger partial charge < -0.3 is 0 Å². The maximum absolute atomic E-state index is 12.0. The van der Waals surface area contributed by atoms with Crippen molar-refractivity contribution in [3.63, 3.8) is 0 Å². The quantitative estimate of drug-likeness (QED) is 0.464. The summed E-state index contributed by atoms with van der Waals surface area (Å²) in [7, 11) is 0. The molecule has 0 atom stereocenters. The van der Waals surface area contributed by atoms with E-state index in [1.807, 2.05) is 12.1 Å². The zero-order valence-electron chi connectivity index (χ0n) is 12.0. The summed E-state index contributed by atoms with van der Waals surface area (Å²) in [6.45, 7) is 6.61. The number of ketones is 1. The van der Waals surface area contributed by atoms with E-state index in [1.54, 1.807) is 0 Å². The summed E-state index contributed by atoms with van der Waals surface area (Å²) in [5.74, 6) is 0.941. The molecule has 0 amide bonds. The Morgan fingerprint density at radius 2 is 1.94 bits per heavy atom. The molecule has 0 saturated heterocycles. The Labute approximate surface area is 112 Å². The number of carbonyl (C=O) groups is 1. The fourth-order valence-electron chi connectivity index (χ4n) is 2.20. The molecule has 0 fully saturated rings. The van der Waals surface area contributed by atoms with Crippen LogP contribution in [0.5, 0.6) is 0 Å². The highest BCUT2D eigenvalue weighted by atomic mass is 16.1. The maximum Gasteiger partial charge on any atom is 0.162 e. The van der Waals surface area contributed by atoms with Crippen LogP contribution >= 0.6 is 0 Å². The second kappa shape index (κ2) is 8.07. The van der Waals surface area contributed by atoms with Gasteiger partial charge >= 0.3 is 0 Å². The molecule has 0 aliphatic carbocycles. The number of benzene rings is 1. The first-order chi connectivity index (χ1) is 8.63. The SMILES string of the molecule is CCCCCCC(=O)c1cccc(CC(C)C)c1. The van der Waals surface area contributed by atoms with Gasteiger partial charge in [0.1, 0.15) is 0 Å². The van der Waals surface area contributed by atoms with Gasteiger partial charge in [-0.1, -0.05) is 58.2 Å². The standard InChI is InChI=1S/C17H26O/c1-4-5-6-7-11-17(18)16-10-8-9-15(13-16)12-14(2)3/h8-10,13-14H,4-7,11-12H2,1-3H3. The lowest BCUT2D eigenvalue weighted by Crippen LogP contribution is -2.01. The number of unbranched alkanes of at least 4 members (excludes halogenated alkanes) is 3. The molecule has 0 unspecified atom stereocenters. The predicted octanol–water partition coefficient (Wildman–Crippen LogP) is 5.04. The molecular formula is C17H26O. The Morgan fingerprint density at radius 1 is 1.17 bits per heavy atom. The van der Waals surface area contributed by atoms with E-state index in [-0.39, 0.29) is 0 Å². The first kappa shape index (κ1) is 14.9. The van der Waals surface area contributed by atoms with E-state index in [4.69, 9.17) is 0 Å². The molecule has 1 nitrogen and oxygen atoms in total. The summed E-state index contributed by atoms with van der Waals surface area (Å²) >= 11 is 0. The minimum Gasteiger partial charge on any atom is -0.294 e. The molecule has 0 aliphatic heterocycles. The Balaban J connectivity index is 2.51. The smallest absolute Gasteiger partial charge is 0.162 e. The van der Waals surface area contributed by atoms with Crippen molar-refractivity contribution in [1.29, 1.82) is 0 Å². The van der Waals surface area contributed by atoms with Gasteiger partial charge in [-0.15, -0.1) is 0 Å². The second-order valence-corrected chi connectivity index (χ2v) is 5.53. The highest BCUT2D eigenvalue weighted by Gasteiger charge is 2.06. The van der Waals surface area contributed by atoms with Gasteiger partial charge in [0.05, 0.1) is 0 Å². The molecule has 0 heterocycles. The largest absolute Gasteiger partial charge is 0.294 e. The molecular weight excluding hydrogens is 220 g/mol. The Kier molecular flexibility index (Phi) is 6.70. The minimum absolute atomic E-state index is 0.303. The molecule has 0 N–H and O–H groups in total. The summed E-state index contributed by atoms with van der Waals surface area (Å²) in [5, 5.41) is 0. The molecule has 0 spiro atoms. The normalized spacial score (nSPS) is 10.9. The van der Waals surface area contributed by atoms with Gasteiger partial charge in [-0.2, -0.15) is 0 Å². The van der Waals surface area contributed by atoms with E-state index in [9.17, 15) is 4.79 Å². The average Bonchev–Trinajstić information content (AvgIpc) is 2.34. The molecule has 1 rings (SSSR count). The van der Waals surface area contributed by atoms with Crippen molar-refractivity contribution in [2.24, 2.45) is 5.92 Å². The van der Waals surface area contributed by atoms with Crippen LogP contribution in [-0.4, -0.2) is 5.78 Å². The van der Waals surface area contributed by atoms with Gasteiger partial charge in [-0.05, 0) is 30.4 Å². The lowest BCUT2D eigenvalue weighted by molar-refractivity contribution is 0.0979. The van der Waals surface area contributed by atoms with Crippen LogP contribution in [0.3, 0.4) is 0 Å². The molecule has 0 bridgehead atoms. The van der Waals surface area contributed by atoms with Crippen molar-refractivity contribution in [1.82, 2.24) is 0 Å². The van der Waals surface area contributed by atoms with Gasteiger partial charge in [0.2, 0.25) is 0 Å². The van der Waals surface area contributed by atoms with E-state index in [1.165, 1.54) is 24.8 Å². The molecule has 0 aromatic heterocycles. The summed E-state index contributed by atoms with van der Waals surface area (Å²) < 4.78 is 0. The van der Waals surface area contributed by atoms with Crippen molar-refractivity contribution >= 4 is 5.78 Å². The molecule has 0 aliphatic rings. The predicted molar refractivity (Wildman–Crippen MR) is 78.1 cm³/mol. The first-order valence-electron chi connectivity index (χ1n) is 7.25. The Morgan fingerprint density at radius 3 is 2.61 bits per heavy atom. The van der Waals surface area contributed by atoms with E-state index in [2.05, 4.69) is 32.9 Å². The molecule has 0 saturated carbocycles. The fraction of sp³-hybridized carbons (Fsp3) is 0.588. The number of rotatable bonds is 8. The van der Waals surface area contributed by atoms with Crippen LogP contribution in [0.4, 0.5) is 0 Å². The number of hydrogen-bond donors (Lipinski definition) is 0. The van der Waals surface area contributed by atoms with Crippen molar-refractivity contribution in [2.45, 2.75) is 59.3 Å². The molecule has 18 heavy (non-hydrogen) atoms. The summed E-state index contributed by atoms with van der Waals surface area (Å²) in [6, 6.07) is 8.15. The van der Waals surface area contributed by atoms with Gasteiger partial charge in [-0.25, -0.2) is 0 Å². The number of carbonyl (C=O) groups excluding carboxylic acids is 1. The zero-order chi connectivity index (χ0) is 13.4. The third-order valence-electron chi connectivity index (χ3n) is 3.15. The third-order valence-corrected chi connectivity index (χ3v) is 3.15. The van der Waals surface area contributed by atoms with Crippen LogP contribution in [0.15, 0.2) is 24.3 Å². The van der Waals surface area contributed by atoms with Crippen LogP contribution < -0.4 is 0 Å². The molecule has 1 aromatic carbocycles. The Hall–Kier alpha value is -1.11. The monoisotopic (exact) mass is 246 g/mol. The average molecular weight is 246 g/mol. The van der Waals surface area contributed by atoms with E-state index >= 15 is 0 Å². The van der Waals surface area contributed by atoms with Crippen molar-refractivity contribution in [2.75, 3.05) is 0 Å². The van der Waals surface area contributed by atoms with Gasteiger partial charge in [0.15, 0.2) is 5.78 Å². The lowest BCUT2D eigenvalue weighted by atomic mass is 9.98. The van der Waals surface area contributed by atoms with Crippen molar-refractivity contribution < 1.29 is 4.79 Å². The Bertz CT molecular complexity index is 366. The summed E-state index contributed by atoms with van der Waals surface area (Å²) in [6.07, 6.45) is 6.41. The van der Waals surface area contributed by atoms with Crippen molar-refractivity contribution in [3.05, 3.63) is 35.4 Å². The molecule has 1 heteroatoms. The van der Waals surface area contributed by atoms with Gasteiger partial charge in [-0.3, -0.25) is 4.79 Å². The van der Waals surface area contributed by atoms with Crippen LogP contribution in [0, 0.1) is 5.92 Å². The fourth-order valence-corrected chi connectivity index (χ4v) is 2.20. The van der Waals surface area contributed by atoms with E-state index in [0.29, 0.717) is 18.1 Å². The highest BCUT2D eigenvalue weighted by Crippen LogP contribution is 2.14. The van der Waals surface area contributed by atoms with Crippen LogP contribution in [0.2, 0.25) is 0 Å². The third kappa shape index (κ3) is 5.48. The lowest BCUT2D eigenvalue weighted by Gasteiger charge is -2.07. The van der Waals surface area contributed by atoms with Crippen LogP contribution in [-0.2, 0) is 6.42 Å². The molecule has 100 valence electrons. The van der Waals surface area contributed by atoms with E-state index < -0.39 is 0 Å². The van der Waals surface area contributed by atoms with Crippen LogP contribution in [0.1, 0.15) is 68.8 Å². The number of hydrogen-bond acceptors (Lipinski definition) is 1. The number of Topliss-reactive ketones (excluding diaryl/α,β-unsaturated/α-hetero) is 1. The van der Waals surface area contributed by atoms with Crippen molar-refractivity contribution in [3.8, 4) is 0 Å². The zero-order valence-corrected chi connectivity index (χ0v) is 12.0. The highest BCUT2D eigenvalue weighted by molar-refractivity contribution is 5.96. The first-order valence-corrected chi connectivity index (χ1v) is 7.25. The van der Waals surface area contributed by atoms with Crippen LogP contribution in [0.25, 0.3) is 0 Å². The van der Waals surface area contributed by atoms with E-state index in [0.717, 1.165) is 18.4 Å². The second-order valence-electron chi connectivity index (χ2n) is 5.53. The van der Waals surface area contributed by atoms with Gasteiger partial charge in [0, 0.05) is 12.0 Å². The molecule has 0 radical (unpaired) electrons. The summed E-state index contributed by atoms with van der Waals surface area (Å²) in [5.41, 5.74) is 2.18.